The smallest absolute Gasteiger partial charge is 0.354 e. The maximum absolute atomic E-state index is 12.9. The zero-order chi connectivity index (χ0) is 14.0. The Morgan fingerprint density at radius 2 is 1.74 bits per heavy atom. The fourth-order valence-electron chi connectivity index (χ4n) is 1.50. The van der Waals surface area contributed by atoms with E-state index in [1.54, 1.807) is 0 Å². The average molecular weight is 307 g/mol. The predicted octanol–water partition coefficient (Wildman–Crippen LogP) is 5.15. The van der Waals surface area contributed by atoms with Crippen molar-refractivity contribution in [1.29, 1.82) is 0 Å². The Balaban J connectivity index is 2.40. The first-order chi connectivity index (χ1) is 8.86. The van der Waals surface area contributed by atoms with Crippen molar-refractivity contribution < 1.29 is 13.2 Å². The molecule has 0 aliphatic heterocycles. The SMILES string of the molecule is FC(F)(F)c1cc(Cl)ccc1Nc1cncc(Cl)c1. The van der Waals surface area contributed by atoms with E-state index in [0.717, 1.165) is 6.07 Å². The lowest BCUT2D eigenvalue weighted by Gasteiger charge is -2.14. The fourth-order valence-corrected chi connectivity index (χ4v) is 1.84. The molecule has 1 heterocycles. The van der Waals surface area contributed by atoms with E-state index in [1.165, 1.54) is 30.6 Å². The molecule has 100 valence electrons. The number of aromatic nitrogens is 1. The Labute approximate surface area is 117 Å². The molecular formula is C12H7Cl2F3N2. The topological polar surface area (TPSA) is 24.9 Å². The van der Waals surface area contributed by atoms with Gasteiger partial charge in [-0.1, -0.05) is 23.2 Å². The van der Waals surface area contributed by atoms with Gasteiger partial charge >= 0.3 is 6.18 Å². The predicted molar refractivity (Wildman–Crippen MR) is 69.0 cm³/mol. The first kappa shape index (κ1) is 14.0. The molecule has 2 aromatic rings. The highest BCUT2D eigenvalue weighted by Crippen LogP contribution is 2.37. The Bertz CT molecular complexity index is 600. The molecule has 0 aliphatic carbocycles. The van der Waals surface area contributed by atoms with Crippen molar-refractivity contribution in [3.8, 4) is 0 Å². The zero-order valence-corrected chi connectivity index (χ0v) is 10.8. The molecule has 0 fully saturated rings. The van der Waals surface area contributed by atoms with Gasteiger partial charge < -0.3 is 5.32 Å². The summed E-state index contributed by atoms with van der Waals surface area (Å²) < 4.78 is 38.6. The van der Waals surface area contributed by atoms with Crippen molar-refractivity contribution in [2.75, 3.05) is 5.32 Å². The van der Waals surface area contributed by atoms with E-state index < -0.39 is 11.7 Å². The third kappa shape index (κ3) is 3.52. The van der Waals surface area contributed by atoms with E-state index in [4.69, 9.17) is 23.2 Å². The van der Waals surface area contributed by atoms with Crippen LogP contribution < -0.4 is 5.32 Å². The number of alkyl halides is 3. The monoisotopic (exact) mass is 306 g/mol. The number of hydrogen-bond acceptors (Lipinski definition) is 2. The van der Waals surface area contributed by atoms with Crippen LogP contribution in [0.1, 0.15) is 5.56 Å². The van der Waals surface area contributed by atoms with Crippen LogP contribution in [0.15, 0.2) is 36.7 Å². The lowest BCUT2D eigenvalue weighted by molar-refractivity contribution is -0.136. The molecule has 1 aromatic carbocycles. The molecular weight excluding hydrogens is 300 g/mol. The Morgan fingerprint density at radius 3 is 2.37 bits per heavy atom. The number of nitrogens with zero attached hydrogens (tertiary/aromatic N) is 1. The average Bonchev–Trinajstić information content (AvgIpc) is 2.30. The lowest BCUT2D eigenvalue weighted by Crippen LogP contribution is -2.08. The molecule has 2 nitrogen and oxygen atoms in total. The highest BCUT2D eigenvalue weighted by Gasteiger charge is 2.33. The van der Waals surface area contributed by atoms with Crippen LogP contribution in [0.2, 0.25) is 10.0 Å². The second-order valence-electron chi connectivity index (χ2n) is 3.70. The molecule has 0 aliphatic rings. The van der Waals surface area contributed by atoms with Gasteiger partial charge in [-0.05, 0) is 24.3 Å². The summed E-state index contributed by atoms with van der Waals surface area (Å²) in [6, 6.07) is 4.97. The Kier molecular flexibility index (Phi) is 3.87. The quantitative estimate of drug-likeness (QED) is 0.830. The normalized spacial score (nSPS) is 11.4. The summed E-state index contributed by atoms with van der Waals surface area (Å²) in [5, 5.41) is 2.96. The van der Waals surface area contributed by atoms with Crippen molar-refractivity contribution in [1.82, 2.24) is 4.98 Å². The Morgan fingerprint density at radius 1 is 1.00 bits per heavy atom. The molecule has 0 amide bonds. The minimum absolute atomic E-state index is 0.0158. The number of anilines is 2. The molecule has 19 heavy (non-hydrogen) atoms. The van der Waals surface area contributed by atoms with Gasteiger partial charge in [0, 0.05) is 11.2 Å². The molecule has 0 saturated carbocycles. The van der Waals surface area contributed by atoms with Gasteiger partial charge in [-0.2, -0.15) is 13.2 Å². The molecule has 0 atom stereocenters. The highest BCUT2D eigenvalue weighted by molar-refractivity contribution is 6.31. The molecule has 1 aromatic heterocycles. The van der Waals surface area contributed by atoms with Gasteiger partial charge in [-0.15, -0.1) is 0 Å². The molecule has 2 rings (SSSR count). The lowest BCUT2D eigenvalue weighted by atomic mass is 10.1. The van der Waals surface area contributed by atoms with E-state index in [-0.39, 0.29) is 10.7 Å². The first-order valence-electron chi connectivity index (χ1n) is 5.10. The van der Waals surface area contributed by atoms with Gasteiger partial charge in [0.2, 0.25) is 0 Å². The van der Waals surface area contributed by atoms with E-state index >= 15 is 0 Å². The summed E-state index contributed by atoms with van der Waals surface area (Å²) in [6.07, 6.45) is -1.74. The van der Waals surface area contributed by atoms with Gasteiger partial charge in [-0.3, -0.25) is 4.98 Å². The molecule has 0 radical (unpaired) electrons. The fraction of sp³-hybridized carbons (Fsp3) is 0.0833. The maximum atomic E-state index is 12.9. The summed E-state index contributed by atoms with van der Waals surface area (Å²) >= 11 is 11.3. The standard InChI is InChI=1S/C12H7Cl2F3N2/c13-7-1-2-11(10(4-7)12(15,16)17)19-9-3-8(14)5-18-6-9/h1-6,19H. The van der Waals surface area contributed by atoms with Gasteiger partial charge in [0.1, 0.15) is 0 Å². The van der Waals surface area contributed by atoms with Crippen LogP contribution in [-0.4, -0.2) is 4.98 Å². The van der Waals surface area contributed by atoms with Crippen molar-refractivity contribution in [3.63, 3.8) is 0 Å². The minimum Gasteiger partial charge on any atom is -0.354 e. The van der Waals surface area contributed by atoms with Crippen molar-refractivity contribution in [2.45, 2.75) is 6.18 Å². The van der Waals surface area contributed by atoms with E-state index in [2.05, 4.69) is 10.3 Å². The summed E-state index contributed by atoms with van der Waals surface area (Å²) in [5.41, 5.74) is -0.596. The molecule has 7 heteroatoms. The number of halogens is 5. The summed E-state index contributed by atoms with van der Waals surface area (Å²) in [6.45, 7) is 0. The van der Waals surface area contributed by atoms with Gasteiger partial charge in [0.25, 0.3) is 0 Å². The molecule has 1 N–H and O–H groups in total. The van der Waals surface area contributed by atoms with Crippen molar-refractivity contribution >= 4 is 34.6 Å². The van der Waals surface area contributed by atoms with Crippen LogP contribution >= 0.6 is 23.2 Å². The largest absolute Gasteiger partial charge is 0.418 e. The van der Waals surface area contributed by atoms with Crippen LogP contribution in [0.3, 0.4) is 0 Å². The van der Waals surface area contributed by atoms with Crippen LogP contribution in [-0.2, 0) is 6.18 Å². The third-order valence-corrected chi connectivity index (χ3v) is 2.71. The molecule has 0 spiro atoms. The van der Waals surface area contributed by atoms with Gasteiger partial charge in [0.05, 0.1) is 28.2 Å². The van der Waals surface area contributed by atoms with Crippen LogP contribution in [0.25, 0.3) is 0 Å². The Hall–Kier alpha value is -1.46. The van der Waals surface area contributed by atoms with Crippen LogP contribution in [0, 0.1) is 0 Å². The van der Waals surface area contributed by atoms with E-state index in [9.17, 15) is 13.2 Å². The highest BCUT2D eigenvalue weighted by atomic mass is 35.5. The van der Waals surface area contributed by atoms with Gasteiger partial charge in [-0.25, -0.2) is 0 Å². The number of rotatable bonds is 2. The maximum Gasteiger partial charge on any atom is 0.418 e. The minimum atomic E-state index is -4.50. The second-order valence-corrected chi connectivity index (χ2v) is 4.58. The van der Waals surface area contributed by atoms with Gasteiger partial charge in [0.15, 0.2) is 0 Å². The van der Waals surface area contributed by atoms with Crippen LogP contribution in [0.4, 0.5) is 24.5 Å². The summed E-state index contributed by atoms with van der Waals surface area (Å²) in [5.74, 6) is 0. The second kappa shape index (κ2) is 5.27. The number of nitrogens with one attached hydrogen (secondary N) is 1. The van der Waals surface area contributed by atoms with E-state index in [1.807, 2.05) is 0 Å². The van der Waals surface area contributed by atoms with Crippen molar-refractivity contribution in [2.24, 2.45) is 0 Å². The molecule has 0 bridgehead atoms. The molecule has 0 saturated heterocycles. The number of benzene rings is 1. The first-order valence-corrected chi connectivity index (χ1v) is 5.86. The summed E-state index contributed by atoms with van der Waals surface area (Å²) in [7, 11) is 0. The third-order valence-electron chi connectivity index (χ3n) is 2.27. The van der Waals surface area contributed by atoms with Crippen LogP contribution in [0.5, 0.6) is 0 Å². The number of hydrogen-bond donors (Lipinski definition) is 1. The number of pyridine rings is 1. The van der Waals surface area contributed by atoms with E-state index in [0.29, 0.717) is 10.7 Å². The van der Waals surface area contributed by atoms with Crippen molar-refractivity contribution in [3.05, 3.63) is 52.3 Å². The molecule has 0 unspecified atom stereocenters. The summed E-state index contributed by atoms with van der Waals surface area (Å²) in [4.78, 5) is 3.79. The zero-order valence-electron chi connectivity index (χ0n) is 9.30.